The number of aromatic amines is 1. The van der Waals surface area contributed by atoms with Gasteiger partial charge in [0.1, 0.15) is 18.0 Å². The third-order valence-electron chi connectivity index (χ3n) is 6.24. The molecule has 152 valence electrons. The van der Waals surface area contributed by atoms with Crippen LogP contribution in [0.2, 0.25) is 0 Å². The van der Waals surface area contributed by atoms with Gasteiger partial charge in [-0.1, -0.05) is 6.07 Å². The molecule has 1 saturated heterocycles. The highest BCUT2D eigenvalue weighted by Crippen LogP contribution is 2.30. The van der Waals surface area contributed by atoms with Crippen LogP contribution in [0.25, 0.3) is 22.2 Å². The molecule has 29 heavy (non-hydrogen) atoms. The number of benzene rings is 1. The Kier molecular flexibility index (Phi) is 5.16. The minimum Gasteiger partial charge on any atom is -0.379 e. The lowest BCUT2D eigenvalue weighted by molar-refractivity contribution is 0.00791. The van der Waals surface area contributed by atoms with E-state index in [0.717, 1.165) is 60.1 Å². The Hall–Kier alpha value is -2.51. The quantitative estimate of drug-likeness (QED) is 0.709. The van der Waals surface area contributed by atoms with Crippen molar-refractivity contribution in [2.45, 2.75) is 44.7 Å². The van der Waals surface area contributed by atoms with Gasteiger partial charge in [-0.3, -0.25) is 4.90 Å². The van der Waals surface area contributed by atoms with Gasteiger partial charge in [-0.25, -0.2) is 15.0 Å². The first-order valence-corrected chi connectivity index (χ1v) is 10.6. The third-order valence-corrected chi connectivity index (χ3v) is 6.24. The van der Waals surface area contributed by atoms with Crippen LogP contribution in [0.1, 0.15) is 31.5 Å². The van der Waals surface area contributed by atoms with Gasteiger partial charge >= 0.3 is 0 Å². The van der Waals surface area contributed by atoms with Gasteiger partial charge in [-0.15, -0.1) is 0 Å². The highest BCUT2D eigenvalue weighted by Gasteiger charge is 2.27. The Morgan fingerprint density at radius 1 is 1.10 bits per heavy atom. The largest absolute Gasteiger partial charge is 0.379 e. The van der Waals surface area contributed by atoms with Crippen molar-refractivity contribution >= 4 is 16.7 Å². The normalized spacial score (nSPS) is 23.3. The van der Waals surface area contributed by atoms with Crippen molar-refractivity contribution in [2.75, 3.05) is 31.6 Å². The van der Waals surface area contributed by atoms with Crippen LogP contribution in [-0.2, 0) is 4.74 Å². The molecule has 5 rings (SSSR count). The lowest BCUT2D eigenvalue weighted by Gasteiger charge is -2.39. The molecule has 7 nitrogen and oxygen atoms in total. The maximum absolute atomic E-state index is 5.50. The van der Waals surface area contributed by atoms with Crippen molar-refractivity contribution in [1.29, 1.82) is 0 Å². The van der Waals surface area contributed by atoms with Crippen molar-refractivity contribution in [3.8, 4) is 11.3 Å². The lowest BCUT2D eigenvalue weighted by Crippen LogP contribution is -2.46. The summed E-state index contributed by atoms with van der Waals surface area (Å²) in [5.74, 6) is 1.85. The summed E-state index contributed by atoms with van der Waals surface area (Å²) in [7, 11) is 0. The maximum Gasteiger partial charge on any atom is 0.137 e. The number of fused-ring (bicyclic) bond motifs is 1. The number of hydrogen-bond donors (Lipinski definition) is 2. The fourth-order valence-electron chi connectivity index (χ4n) is 4.62. The molecule has 7 heteroatoms. The molecule has 3 heterocycles. The second-order valence-electron chi connectivity index (χ2n) is 8.12. The number of ether oxygens (including phenoxy) is 1. The predicted molar refractivity (Wildman–Crippen MR) is 114 cm³/mol. The average molecular weight is 393 g/mol. The zero-order valence-electron chi connectivity index (χ0n) is 16.9. The van der Waals surface area contributed by atoms with Gasteiger partial charge in [-0.05, 0) is 44.7 Å². The Morgan fingerprint density at radius 2 is 1.93 bits per heavy atom. The molecule has 0 unspecified atom stereocenters. The van der Waals surface area contributed by atoms with E-state index in [1.165, 1.54) is 25.7 Å². The number of aryl methyl sites for hydroxylation is 1. The highest BCUT2D eigenvalue weighted by atomic mass is 16.5. The van der Waals surface area contributed by atoms with Crippen LogP contribution in [0.4, 0.5) is 5.82 Å². The summed E-state index contributed by atoms with van der Waals surface area (Å²) in [5.41, 5.74) is 2.99. The fraction of sp³-hybridized carbons (Fsp3) is 0.500. The number of nitrogens with zero attached hydrogens (tertiary/aromatic N) is 4. The van der Waals surface area contributed by atoms with Crippen LogP contribution in [0.3, 0.4) is 0 Å². The van der Waals surface area contributed by atoms with Crippen LogP contribution < -0.4 is 5.32 Å². The summed E-state index contributed by atoms with van der Waals surface area (Å²) in [6.07, 6.45) is 8.41. The molecular weight excluding hydrogens is 364 g/mol. The molecule has 0 radical (unpaired) electrons. The van der Waals surface area contributed by atoms with Crippen molar-refractivity contribution in [1.82, 2.24) is 24.8 Å². The molecule has 1 saturated carbocycles. The van der Waals surface area contributed by atoms with Crippen LogP contribution in [0.15, 0.2) is 30.7 Å². The van der Waals surface area contributed by atoms with E-state index < -0.39 is 0 Å². The molecule has 2 N–H and O–H groups in total. The third kappa shape index (κ3) is 3.97. The SMILES string of the molecule is Cc1nc(-c2ccc3ncnc(N[C@H]4CC[C@H](N5CCOCC5)CC4)c3c2)c[nH]1. The second kappa shape index (κ2) is 8.08. The minimum absolute atomic E-state index is 0.460. The van der Waals surface area contributed by atoms with Crippen LogP contribution >= 0.6 is 0 Å². The molecule has 0 amide bonds. The minimum atomic E-state index is 0.460. The molecule has 1 aromatic carbocycles. The van der Waals surface area contributed by atoms with Gasteiger partial charge in [0.2, 0.25) is 0 Å². The Labute approximate surface area is 170 Å². The fourth-order valence-corrected chi connectivity index (χ4v) is 4.62. The Balaban J connectivity index is 1.31. The van der Waals surface area contributed by atoms with Gasteiger partial charge in [-0.2, -0.15) is 0 Å². The van der Waals surface area contributed by atoms with Gasteiger partial charge in [0, 0.05) is 42.3 Å². The topological polar surface area (TPSA) is 79.0 Å². The molecular formula is C22H28N6O. The molecule has 2 aromatic heterocycles. The molecule has 0 bridgehead atoms. The summed E-state index contributed by atoms with van der Waals surface area (Å²) < 4.78 is 5.50. The average Bonchev–Trinajstić information content (AvgIpc) is 3.21. The Morgan fingerprint density at radius 3 is 2.69 bits per heavy atom. The van der Waals surface area contributed by atoms with E-state index in [4.69, 9.17) is 4.74 Å². The van der Waals surface area contributed by atoms with Gasteiger partial charge in [0.25, 0.3) is 0 Å². The van der Waals surface area contributed by atoms with Gasteiger partial charge < -0.3 is 15.0 Å². The van der Waals surface area contributed by atoms with Crippen LogP contribution in [-0.4, -0.2) is 63.2 Å². The van der Waals surface area contributed by atoms with E-state index >= 15 is 0 Å². The monoisotopic (exact) mass is 392 g/mol. The summed E-state index contributed by atoms with van der Waals surface area (Å²) in [6.45, 7) is 5.88. The molecule has 2 aliphatic rings. The maximum atomic E-state index is 5.50. The van der Waals surface area contributed by atoms with E-state index in [1.807, 2.05) is 13.1 Å². The van der Waals surface area contributed by atoms with E-state index in [-0.39, 0.29) is 0 Å². The Bertz CT molecular complexity index is 972. The zero-order valence-corrected chi connectivity index (χ0v) is 16.9. The molecule has 3 aromatic rings. The van der Waals surface area contributed by atoms with Gasteiger partial charge in [0.05, 0.1) is 24.4 Å². The van der Waals surface area contributed by atoms with Crippen molar-refractivity contribution in [3.05, 3.63) is 36.5 Å². The number of aromatic nitrogens is 4. The first kappa shape index (κ1) is 18.5. The number of anilines is 1. The molecule has 0 atom stereocenters. The second-order valence-corrected chi connectivity index (χ2v) is 8.12. The first-order valence-electron chi connectivity index (χ1n) is 10.6. The molecule has 1 aliphatic carbocycles. The van der Waals surface area contributed by atoms with E-state index in [1.54, 1.807) is 6.33 Å². The lowest BCUT2D eigenvalue weighted by atomic mass is 9.90. The standard InChI is InChI=1S/C22H28N6O/c1-15-23-13-21(26-15)16-2-7-20-19(12-16)22(25-14-24-20)27-17-3-5-18(6-4-17)28-8-10-29-11-9-28/h2,7,12-14,17-18H,3-6,8-11H2,1H3,(H,23,26)(H,24,25,27)/t17-,18-. The molecule has 2 fully saturated rings. The van der Waals surface area contributed by atoms with Crippen LogP contribution in [0, 0.1) is 6.92 Å². The summed E-state index contributed by atoms with van der Waals surface area (Å²) >= 11 is 0. The molecule has 0 spiro atoms. The van der Waals surface area contributed by atoms with E-state index in [0.29, 0.717) is 12.1 Å². The van der Waals surface area contributed by atoms with E-state index in [2.05, 4.69) is 48.4 Å². The summed E-state index contributed by atoms with van der Waals surface area (Å²) in [5, 5.41) is 4.77. The summed E-state index contributed by atoms with van der Waals surface area (Å²) in [6, 6.07) is 7.43. The number of H-pyrrole nitrogens is 1. The van der Waals surface area contributed by atoms with Crippen molar-refractivity contribution in [3.63, 3.8) is 0 Å². The first-order chi connectivity index (χ1) is 14.3. The van der Waals surface area contributed by atoms with Crippen molar-refractivity contribution in [2.24, 2.45) is 0 Å². The summed E-state index contributed by atoms with van der Waals surface area (Å²) in [4.78, 5) is 19.3. The number of nitrogens with one attached hydrogen (secondary N) is 2. The molecule has 1 aliphatic heterocycles. The number of hydrogen-bond acceptors (Lipinski definition) is 6. The number of rotatable bonds is 4. The zero-order chi connectivity index (χ0) is 19.6. The number of imidazole rings is 1. The van der Waals surface area contributed by atoms with E-state index in [9.17, 15) is 0 Å². The highest BCUT2D eigenvalue weighted by molar-refractivity contribution is 5.92. The predicted octanol–water partition coefficient (Wildman–Crippen LogP) is 3.38. The number of morpholine rings is 1. The van der Waals surface area contributed by atoms with Crippen LogP contribution in [0.5, 0.6) is 0 Å². The van der Waals surface area contributed by atoms with Crippen molar-refractivity contribution < 1.29 is 4.74 Å². The smallest absolute Gasteiger partial charge is 0.137 e. The van der Waals surface area contributed by atoms with Gasteiger partial charge in [0.15, 0.2) is 0 Å².